The molecule has 0 amide bonds. The van der Waals surface area contributed by atoms with Crippen LogP contribution in [0.25, 0.3) is 65.6 Å². The second kappa shape index (κ2) is 6.06. The minimum absolute atomic E-state index is 0.758. The van der Waals surface area contributed by atoms with E-state index in [9.17, 15) is 0 Å². The molecule has 0 N–H and O–H groups in total. The molecule has 0 bridgehead atoms. The van der Waals surface area contributed by atoms with Gasteiger partial charge in [-0.25, -0.2) is 0 Å². The van der Waals surface area contributed by atoms with Crippen LogP contribution in [-0.2, 0) is 0 Å². The molecule has 3 heterocycles. The summed E-state index contributed by atoms with van der Waals surface area (Å²) in [5.41, 5.74) is 7.34. The molecule has 0 aliphatic carbocycles. The molecule has 0 aliphatic rings. The molecule has 2 nitrogen and oxygen atoms in total. The Morgan fingerprint density at radius 1 is 0.485 bits per heavy atom. The number of rotatable bonds is 1. The first-order chi connectivity index (χ1) is 16.3. The number of hydrogen-bond donors (Lipinski definition) is 0. The monoisotopic (exact) mass is 440 g/mol. The molecule has 8 rings (SSSR count). The maximum absolute atomic E-state index is 6.52. The predicted octanol–water partition coefficient (Wildman–Crippen LogP) is 8.59. The SMILES string of the molecule is Clc1ccc2c(c1)c1cc3c4ccccc4n4c5ccccc5c(c1n2-c1ccccc1)c34. The largest absolute Gasteiger partial charge is 0.309 e. The lowest BCUT2D eigenvalue weighted by Crippen LogP contribution is -1.93. The molecule has 0 radical (unpaired) electrons. The molecule has 0 atom stereocenters. The minimum atomic E-state index is 0.758. The number of benzene rings is 5. The van der Waals surface area contributed by atoms with E-state index >= 15 is 0 Å². The van der Waals surface area contributed by atoms with Crippen LogP contribution in [0.4, 0.5) is 0 Å². The fraction of sp³-hybridized carbons (Fsp3) is 0. The van der Waals surface area contributed by atoms with Gasteiger partial charge in [0, 0.05) is 43.0 Å². The molecule has 8 aromatic rings. The summed E-state index contributed by atoms with van der Waals surface area (Å²) in [4.78, 5) is 0. The molecule has 5 aromatic carbocycles. The van der Waals surface area contributed by atoms with Crippen LogP contribution >= 0.6 is 11.6 Å². The normalized spacial score (nSPS) is 12.4. The standard InChI is InChI=1S/C30H17ClN2/c31-18-14-15-27-22(16-18)24-17-23-20-10-4-6-12-25(20)33-26-13-7-5-11-21(26)28(30(23)33)29(24)32(27)19-8-2-1-3-9-19/h1-17H. The molecular formula is C30H17ClN2. The molecule has 3 aromatic heterocycles. The highest BCUT2D eigenvalue weighted by Gasteiger charge is 2.23. The first kappa shape index (κ1) is 17.5. The Kier molecular flexibility index (Phi) is 3.22. The maximum Gasteiger partial charge on any atom is 0.0642 e. The predicted molar refractivity (Wildman–Crippen MR) is 140 cm³/mol. The summed E-state index contributed by atoms with van der Waals surface area (Å²) >= 11 is 6.52. The summed E-state index contributed by atoms with van der Waals surface area (Å²) in [5, 5.41) is 8.32. The average molecular weight is 441 g/mol. The van der Waals surface area contributed by atoms with Crippen molar-refractivity contribution in [1.29, 1.82) is 0 Å². The topological polar surface area (TPSA) is 9.34 Å². The second-order valence-electron chi connectivity index (χ2n) is 8.75. The van der Waals surface area contributed by atoms with Crippen LogP contribution in [0.5, 0.6) is 0 Å². The van der Waals surface area contributed by atoms with Gasteiger partial charge in [-0.2, -0.15) is 0 Å². The van der Waals surface area contributed by atoms with Crippen molar-refractivity contribution in [3.8, 4) is 5.69 Å². The molecule has 0 spiro atoms. The van der Waals surface area contributed by atoms with Crippen LogP contribution in [0.1, 0.15) is 0 Å². The van der Waals surface area contributed by atoms with E-state index in [2.05, 4.69) is 106 Å². The van der Waals surface area contributed by atoms with Gasteiger partial charge in [0.25, 0.3) is 0 Å². The van der Waals surface area contributed by atoms with Crippen LogP contribution < -0.4 is 0 Å². The number of para-hydroxylation sites is 3. The zero-order valence-electron chi connectivity index (χ0n) is 17.6. The molecule has 154 valence electrons. The molecule has 0 unspecified atom stereocenters. The van der Waals surface area contributed by atoms with Gasteiger partial charge in [0.1, 0.15) is 0 Å². The molecule has 0 fully saturated rings. The quantitative estimate of drug-likeness (QED) is 0.242. The van der Waals surface area contributed by atoms with Gasteiger partial charge in [0.15, 0.2) is 0 Å². The number of aromatic nitrogens is 2. The Labute approximate surface area is 194 Å². The van der Waals surface area contributed by atoms with Gasteiger partial charge in [-0.05, 0) is 48.5 Å². The van der Waals surface area contributed by atoms with Crippen LogP contribution in [0.3, 0.4) is 0 Å². The van der Waals surface area contributed by atoms with Crippen molar-refractivity contribution in [2.75, 3.05) is 0 Å². The lowest BCUT2D eigenvalue weighted by molar-refractivity contribution is 1.19. The van der Waals surface area contributed by atoms with Crippen molar-refractivity contribution in [3.05, 3.63) is 108 Å². The summed E-state index contributed by atoms with van der Waals surface area (Å²) in [6.07, 6.45) is 0. The van der Waals surface area contributed by atoms with E-state index in [-0.39, 0.29) is 0 Å². The molecule has 33 heavy (non-hydrogen) atoms. The highest BCUT2D eigenvalue weighted by molar-refractivity contribution is 6.35. The van der Waals surface area contributed by atoms with Crippen LogP contribution in [0.2, 0.25) is 5.02 Å². The number of hydrogen-bond acceptors (Lipinski definition) is 0. The van der Waals surface area contributed by atoms with Crippen molar-refractivity contribution in [1.82, 2.24) is 8.97 Å². The lowest BCUT2D eigenvalue weighted by atomic mass is 10.0. The van der Waals surface area contributed by atoms with Gasteiger partial charge >= 0.3 is 0 Å². The Morgan fingerprint density at radius 3 is 1.97 bits per heavy atom. The third kappa shape index (κ3) is 2.10. The molecular weight excluding hydrogens is 424 g/mol. The highest BCUT2D eigenvalue weighted by Crippen LogP contribution is 2.46. The summed E-state index contributed by atoms with van der Waals surface area (Å²) in [6, 6.07) is 36.8. The van der Waals surface area contributed by atoms with Crippen LogP contribution in [0.15, 0.2) is 103 Å². The zero-order chi connectivity index (χ0) is 21.7. The van der Waals surface area contributed by atoms with Crippen molar-refractivity contribution in [2.45, 2.75) is 0 Å². The van der Waals surface area contributed by atoms with Gasteiger partial charge in [-0.15, -0.1) is 0 Å². The van der Waals surface area contributed by atoms with E-state index in [4.69, 9.17) is 11.6 Å². The van der Waals surface area contributed by atoms with Crippen LogP contribution in [-0.4, -0.2) is 8.97 Å². The number of fused-ring (bicyclic) bond motifs is 10. The summed E-state index contributed by atoms with van der Waals surface area (Å²) in [5.74, 6) is 0. The van der Waals surface area contributed by atoms with E-state index in [1.807, 2.05) is 6.07 Å². The van der Waals surface area contributed by atoms with Gasteiger partial charge in [0.2, 0.25) is 0 Å². The Bertz CT molecular complexity index is 2030. The van der Waals surface area contributed by atoms with Crippen LogP contribution in [0, 0.1) is 0 Å². The van der Waals surface area contributed by atoms with Gasteiger partial charge in [0.05, 0.1) is 27.6 Å². The number of nitrogens with zero attached hydrogens (tertiary/aromatic N) is 2. The first-order valence-electron chi connectivity index (χ1n) is 11.2. The smallest absolute Gasteiger partial charge is 0.0642 e. The third-order valence-electron chi connectivity index (χ3n) is 7.07. The van der Waals surface area contributed by atoms with E-state index in [0.29, 0.717) is 0 Å². The summed E-state index contributed by atoms with van der Waals surface area (Å²) in [6.45, 7) is 0. The Hall–Kier alpha value is -4.01. The summed E-state index contributed by atoms with van der Waals surface area (Å²) < 4.78 is 4.84. The summed E-state index contributed by atoms with van der Waals surface area (Å²) in [7, 11) is 0. The minimum Gasteiger partial charge on any atom is -0.309 e. The van der Waals surface area contributed by atoms with E-state index in [0.717, 1.165) is 10.7 Å². The maximum atomic E-state index is 6.52. The van der Waals surface area contributed by atoms with Crippen molar-refractivity contribution >= 4 is 71.5 Å². The molecule has 0 saturated heterocycles. The second-order valence-corrected chi connectivity index (χ2v) is 9.18. The average Bonchev–Trinajstić information content (AvgIpc) is 3.48. The first-order valence-corrected chi connectivity index (χ1v) is 11.5. The third-order valence-corrected chi connectivity index (χ3v) is 7.31. The Morgan fingerprint density at radius 2 is 1.15 bits per heavy atom. The van der Waals surface area contributed by atoms with Gasteiger partial charge in [-0.1, -0.05) is 66.2 Å². The fourth-order valence-electron chi connectivity index (χ4n) is 5.82. The van der Waals surface area contributed by atoms with Crippen molar-refractivity contribution < 1.29 is 0 Å². The van der Waals surface area contributed by atoms with E-state index < -0.39 is 0 Å². The Balaban J connectivity index is 1.78. The van der Waals surface area contributed by atoms with Gasteiger partial charge < -0.3 is 8.97 Å². The van der Waals surface area contributed by atoms with Crippen molar-refractivity contribution in [2.24, 2.45) is 0 Å². The number of halogens is 1. The molecule has 3 heteroatoms. The molecule has 0 saturated carbocycles. The van der Waals surface area contributed by atoms with E-state index in [1.54, 1.807) is 0 Å². The highest BCUT2D eigenvalue weighted by atomic mass is 35.5. The fourth-order valence-corrected chi connectivity index (χ4v) is 6.00. The zero-order valence-corrected chi connectivity index (χ0v) is 18.3. The lowest BCUT2D eigenvalue weighted by Gasteiger charge is -2.09. The van der Waals surface area contributed by atoms with Gasteiger partial charge in [-0.3, -0.25) is 0 Å². The van der Waals surface area contributed by atoms with E-state index in [1.165, 1.54) is 59.9 Å². The molecule has 0 aliphatic heterocycles. The van der Waals surface area contributed by atoms with Crippen molar-refractivity contribution in [3.63, 3.8) is 0 Å².